The van der Waals surface area contributed by atoms with E-state index in [2.05, 4.69) is 6.92 Å². The van der Waals surface area contributed by atoms with Crippen molar-refractivity contribution in [1.29, 1.82) is 0 Å². The van der Waals surface area contributed by atoms with Gasteiger partial charge in [0.2, 0.25) is 0 Å². The molecule has 34 heavy (non-hydrogen) atoms. The van der Waals surface area contributed by atoms with Crippen molar-refractivity contribution in [3.05, 3.63) is 0 Å². The van der Waals surface area contributed by atoms with E-state index in [0.29, 0.717) is 30.8 Å². The summed E-state index contributed by atoms with van der Waals surface area (Å²) < 4.78 is 5.46. The van der Waals surface area contributed by atoms with Gasteiger partial charge >= 0.3 is 5.97 Å². The van der Waals surface area contributed by atoms with Crippen LogP contribution < -0.4 is 0 Å². The fraction of sp³-hybridized carbons (Fsp3) is 0.966. The molecule has 0 aliphatic heterocycles. The topological polar surface area (TPSA) is 87.0 Å². The quantitative estimate of drug-likeness (QED) is 0.130. The number of carbonyl (C=O) groups is 1. The molecule has 1 rings (SSSR count). The van der Waals surface area contributed by atoms with E-state index in [1.54, 1.807) is 6.92 Å². The fourth-order valence-corrected chi connectivity index (χ4v) is 4.85. The molecular formula is C29H58O5. The molecule has 1 aliphatic carbocycles. The van der Waals surface area contributed by atoms with Gasteiger partial charge in [-0.3, -0.25) is 4.79 Å². The van der Waals surface area contributed by atoms with E-state index in [-0.39, 0.29) is 25.8 Å². The molecule has 204 valence electrons. The molecule has 0 aromatic heterocycles. The first kappa shape index (κ1) is 33.4. The van der Waals surface area contributed by atoms with Crippen molar-refractivity contribution < 1.29 is 24.9 Å². The van der Waals surface area contributed by atoms with Crippen molar-refractivity contribution in [3.8, 4) is 0 Å². The van der Waals surface area contributed by atoms with E-state index in [9.17, 15) is 15.0 Å². The maximum Gasteiger partial charge on any atom is 0.305 e. The Morgan fingerprint density at radius 1 is 0.735 bits per heavy atom. The molecule has 3 N–H and O–H groups in total. The predicted molar refractivity (Wildman–Crippen MR) is 142 cm³/mol. The van der Waals surface area contributed by atoms with Crippen LogP contribution in [-0.4, -0.2) is 47.7 Å². The molecule has 5 nitrogen and oxygen atoms in total. The maximum absolute atomic E-state index is 11.9. The second-order valence-electron chi connectivity index (χ2n) is 10.3. The third-order valence-corrected chi connectivity index (χ3v) is 7.16. The molecule has 0 amide bonds. The molecule has 1 saturated carbocycles. The second-order valence-corrected chi connectivity index (χ2v) is 10.3. The smallest absolute Gasteiger partial charge is 0.305 e. The third kappa shape index (κ3) is 20.7. The Labute approximate surface area is 211 Å². The van der Waals surface area contributed by atoms with Gasteiger partial charge in [-0.05, 0) is 69.6 Å². The molecule has 2 unspecified atom stereocenters. The largest absolute Gasteiger partial charge is 0.465 e. The third-order valence-electron chi connectivity index (χ3n) is 7.16. The number of esters is 1. The molecule has 0 aromatic carbocycles. The number of aliphatic hydroxyl groups excluding tert-OH is 3. The van der Waals surface area contributed by atoms with Gasteiger partial charge in [0, 0.05) is 26.2 Å². The van der Waals surface area contributed by atoms with Gasteiger partial charge < -0.3 is 20.1 Å². The van der Waals surface area contributed by atoms with Crippen molar-refractivity contribution in [2.75, 3.05) is 26.4 Å². The van der Waals surface area contributed by atoms with Crippen LogP contribution >= 0.6 is 0 Å². The van der Waals surface area contributed by atoms with Crippen LogP contribution in [0.2, 0.25) is 0 Å². The molecule has 5 heteroatoms. The summed E-state index contributed by atoms with van der Waals surface area (Å²) in [5.41, 5.74) is 0. The van der Waals surface area contributed by atoms with Gasteiger partial charge in [-0.1, -0.05) is 77.6 Å². The van der Waals surface area contributed by atoms with Crippen molar-refractivity contribution in [2.24, 2.45) is 17.8 Å². The van der Waals surface area contributed by atoms with Gasteiger partial charge in [-0.2, -0.15) is 0 Å². The van der Waals surface area contributed by atoms with Crippen molar-refractivity contribution >= 4 is 5.97 Å². The summed E-state index contributed by atoms with van der Waals surface area (Å²) in [6.45, 7) is 5.34. The zero-order valence-electron chi connectivity index (χ0n) is 22.7. The maximum atomic E-state index is 11.9. The van der Waals surface area contributed by atoms with Gasteiger partial charge in [-0.15, -0.1) is 0 Å². The van der Waals surface area contributed by atoms with E-state index >= 15 is 0 Å². The van der Waals surface area contributed by atoms with Gasteiger partial charge in [0.1, 0.15) is 0 Å². The Hall–Kier alpha value is -0.650. The van der Waals surface area contributed by atoms with E-state index in [1.165, 1.54) is 64.2 Å². The van der Waals surface area contributed by atoms with E-state index in [0.717, 1.165) is 51.4 Å². The molecule has 0 radical (unpaired) electrons. The average Bonchev–Trinajstić information content (AvgIpc) is 2.86. The first-order valence-electron chi connectivity index (χ1n) is 14.6. The van der Waals surface area contributed by atoms with Gasteiger partial charge in [0.05, 0.1) is 6.61 Å². The molecule has 0 aromatic rings. The summed E-state index contributed by atoms with van der Waals surface area (Å²) in [7, 11) is 0. The summed E-state index contributed by atoms with van der Waals surface area (Å²) in [6, 6.07) is 0. The number of carbonyl (C=O) groups excluding carboxylic acids is 1. The Kier molecular flexibility index (Phi) is 25.0. The van der Waals surface area contributed by atoms with Crippen molar-refractivity contribution in [2.45, 2.75) is 136 Å². The highest BCUT2D eigenvalue weighted by atomic mass is 16.5. The lowest BCUT2D eigenvalue weighted by Gasteiger charge is -2.21. The standard InChI is InChI=1S/C27H52O4.C2H6O/c1-2-3-4-9-14-24(21-28)19-20-25(22-29)15-10-6-5-7-13-18-27(30)31-23-26-16-11-8-12-17-26;1-2-3/h24-26,28-29H,2-23H2,1H3;3H,2H2,1H3. The van der Waals surface area contributed by atoms with Gasteiger partial charge in [0.25, 0.3) is 0 Å². The monoisotopic (exact) mass is 486 g/mol. The Morgan fingerprint density at radius 2 is 1.24 bits per heavy atom. The summed E-state index contributed by atoms with van der Waals surface area (Å²) in [5.74, 6) is 1.37. The van der Waals surface area contributed by atoms with Crippen LogP contribution in [0.4, 0.5) is 0 Å². The lowest BCUT2D eigenvalue weighted by atomic mass is 9.90. The molecule has 0 spiro atoms. The van der Waals surface area contributed by atoms with E-state index in [4.69, 9.17) is 9.84 Å². The molecule has 1 aliphatic rings. The number of aliphatic hydroxyl groups is 3. The number of hydrogen-bond acceptors (Lipinski definition) is 5. The van der Waals surface area contributed by atoms with Crippen molar-refractivity contribution in [3.63, 3.8) is 0 Å². The van der Waals surface area contributed by atoms with Gasteiger partial charge in [0.15, 0.2) is 0 Å². The first-order valence-corrected chi connectivity index (χ1v) is 14.6. The number of ether oxygens (including phenoxy) is 1. The van der Waals surface area contributed by atoms with Gasteiger partial charge in [-0.25, -0.2) is 0 Å². The van der Waals surface area contributed by atoms with Crippen LogP contribution in [0, 0.1) is 17.8 Å². The van der Waals surface area contributed by atoms with Crippen LogP contribution in [0.5, 0.6) is 0 Å². The van der Waals surface area contributed by atoms with Crippen molar-refractivity contribution in [1.82, 2.24) is 0 Å². The lowest BCUT2D eigenvalue weighted by Crippen LogP contribution is -2.16. The Bertz CT molecular complexity index is 423. The minimum absolute atomic E-state index is 0.0148. The van der Waals surface area contributed by atoms with Crippen LogP contribution in [-0.2, 0) is 9.53 Å². The normalized spacial score (nSPS) is 15.9. The highest BCUT2D eigenvalue weighted by Crippen LogP contribution is 2.24. The minimum atomic E-state index is -0.0148. The first-order chi connectivity index (χ1) is 16.6. The Balaban J connectivity index is 0.00000343. The summed E-state index contributed by atoms with van der Waals surface area (Å²) in [5, 5.41) is 26.9. The zero-order valence-corrected chi connectivity index (χ0v) is 22.7. The highest BCUT2D eigenvalue weighted by Gasteiger charge is 2.15. The predicted octanol–water partition coefficient (Wildman–Crippen LogP) is 6.81. The second kappa shape index (κ2) is 25.4. The zero-order chi connectivity index (χ0) is 25.3. The number of rotatable bonds is 20. The molecule has 1 fully saturated rings. The summed E-state index contributed by atoms with van der Waals surface area (Å²) in [4.78, 5) is 11.9. The molecule has 0 heterocycles. The number of unbranched alkanes of at least 4 members (excludes halogenated alkanes) is 7. The molecular weight excluding hydrogens is 428 g/mol. The van der Waals surface area contributed by atoms with Crippen LogP contribution in [0.25, 0.3) is 0 Å². The SMILES string of the molecule is CCCCCCC(CO)CCC(CO)CCCCCCCC(=O)OCC1CCCCC1.CCO. The molecule has 0 bridgehead atoms. The van der Waals surface area contributed by atoms with Crippen LogP contribution in [0.3, 0.4) is 0 Å². The summed E-state index contributed by atoms with van der Waals surface area (Å²) >= 11 is 0. The highest BCUT2D eigenvalue weighted by molar-refractivity contribution is 5.69. The molecule has 2 atom stereocenters. The lowest BCUT2D eigenvalue weighted by molar-refractivity contribution is -0.145. The van der Waals surface area contributed by atoms with E-state index in [1.807, 2.05) is 0 Å². The van der Waals surface area contributed by atoms with Crippen LogP contribution in [0.15, 0.2) is 0 Å². The number of hydrogen-bond donors (Lipinski definition) is 3. The molecule has 0 saturated heterocycles. The minimum Gasteiger partial charge on any atom is -0.465 e. The fourth-order valence-electron chi connectivity index (χ4n) is 4.85. The summed E-state index contributed by atoms with van der Waals surface area (Å²) in [6.07, 6.45) is 21.7. The average molecular weight is 487 g/mol. The van der Waals surface area contributed by atoms with Crippen LogP contribution in [0.1, 0.15) is 136 Å². The Morgan fingerprint density at radius 3 is 1.76 bits per heavy atom. The van der Waals surface area contributed by atoms with E-state index < -0.39 is 0 Å².